The topological polar surface area (TPSA) is 20.7 Å². The summed E-state index contributed by atoms with van der Waals surface area (Å²) in [7, 11) is 0. The quantitative estimate of drug-likeness (QED) is 0.737. The van der Waals surface area contributed by atoms with E-state index in [1.165, 1.54) is 25.0 Å². The molecule has 15 heavy (non-hydrogen) atoms. The fourth-order valence-corrected chi connectivity index (χ4v) is 2.26. The van der Waals surface area contributed by atoms with Crippen molar-refractivity contribution in [3.05, 3.63) is 16.7 Å². The number of aromatic amines is 1. The summed E-state index contributed by atoms with van der Waals surface area (Å²) in [6.07, 6.45) is 5.78. The van der Waals surface area contributed by atoms with Crippen LogP contribution in [0.4, 0.5) is 0 Å². The van der Waals surface area contributed by atoms with Crippen molar-refractivity contribution in [1.29, 1.82) is 0 Å². The minimum atomic E-state index is 0.515. The molecule has 0 saturated carbocycles. The number of imidazole rings is 1. The maximum Gasteiger partial charge on any atom is 0.177 e. The van der Waals surface area contributed by atoms with Crippen LogP contribution in [0.1, 0.15) is 64.6 Å². The Hall–Kier alpha value is -0.570. The first-order valence-corrected chi connectivity index (χ1v) is 6.28. The average Bonchev–Trinajstić information content (AvgIpc) is 2.56. The van der Waals surface area contributed by atoms with E-state index >= 15 is 0 Å². The molecule has 1 atom stereocenters. The van der Waals surface area contributed by atoms with Gasteiger partial charge in [0.2, 0.25) is 0 Å². The van der Waals surface area contributed by atoms with Crippen LogP contribution in [-0.4, -0.2) is 9.55 Å². The van der Waals surface area contributed by atoms with Crippen LogP contribution in [0, 0.1) is 4.77 Å². The number of nitrogens with zero attached hydrogens (tertiary/aromatic N) is 1. The van der Waals surface area contributed by atoms with Gasteiger partial charge in [-0.3, -0.25) is 0 Å². The largest absolute Gasteiger partial charge is 0.337 e. The van der Waals surface area contributed by atoms with E-state index in [2.05, 4.69) is 43.4 Å². The molecule has 0 fully saturated rings. The third-order valence-electron chi connectivity index (χ3n) is 2.85. The Labute approximate surface area is 97.7 Å². The van der Waals surface area contributed by atoms with E-state index in [-0.39, 0.29) is 0 Å². The maximum atomic E-state index is 5.33. The summed E-state index contributed by atoms with van der Waals surface area (Å²) in [5, 5.41) is 0. The highest BCUT2D eigenvalue weighted by molar-refractivity contribution is 7.71. The first-order chi connectivity index (χ1) is 7.07. The number of unbranched alkanes of at least 4 members (excludes halogenated alkanes) is 1. The van der Waals surface area contributed by atoms with E-state index in [4.69, 9.17) is 12.2 Å². The van der Waals surface area contributed by atoms with E-state index in [9.17, 15) is 0 Å². The molecule has 0 saturated heterocycles. The monoisotopic (exact) mass is 226 g/mol. The molecule has 0 radical (unpaired) electrons. The highest BCUT2D eigenvalue weighted by atomic mass is 32.1. The number of rotatable bonds is 5. The lowest BCUT2D eigenvalue weighted by Crippen LogP contribution is -2.10. The lowest BCUT2D eigenvalue weighted by atomic mass is 10.1. The van der Waals surface area contributed by atoms with E-state index < -0.39 is 0 Å². The molecular weight excluding hydrogens is 204 g/mol. The SMILES string of the molecule is CCCCC(C)n1c(C(C)C)c[nH]c1=S. The van der Waals surface area contributed by atoms with Crippen LogP contribution in [0.2, 0.25) is 0 Å². The van der Waals surface area contributed by atoms with Gasteiger partial charge < -0.3 is 9.55 Å². The summed E-state index contributed by atoms with van der Waals surface area (Å²) in [6.45, 7) is 8.90. The number of hydrogen-bond donors (Lipinski definition) is 1. The van der Waals surface area contributed by atoms with Gasteiger partial charge in [-0.2, -0.15) is 0 Å². The third-order valence-corrected chi connectivity index (χ3v) is 3.16. The lowest BCUT2D eigenvalue weighted by Gasteiger charge is -2.18. The van der Waals surface area contributed by atoms with Crippen LogP contribution < -0.4 is 0 Å². The zero-order valence-electron chi connectivity index (χ0n) is 10.2. The van der Waals surface area contributed by atoms with Crippen molar-refractivity contribution in [1.82, 2.24) is 9.55 Å². The Morgan fingerprint density at radius 1 is 1.40 bits per heavy atom. The van der Waals surface area contributed by atoms with Crippen LogP contribution in [0.5, 0.6) is 0 Å². The van der Waals surface area contributed by atoms with Gasteiger partial charge in [0.05, 0.1) is 0 Å². The van der Waals surface area contributed by atoms with Crippen LogP contribution in [0.15, 0.2) is 6.20 Å². The summed E-state index contributed by atoms with van der Waals surface area (Å²) in [6, 6.07) is 0.515. The molecule has 1 aromatic heterocycles. The third kappa shape index (κ3) is 2.94. The van der Waals surface area contributed by atoms with Crippen molar-refractivity contribution >= 4 is 12.2 Å². The van der Waals surface area contributed by atoms with Crippen molar-refractivity contribution in [2.24, 2.45) is 0 Å². The highest BCUT2D eigenvalue weighted by Crippen LogP contribution is 2.22. The normalized spacial score (nSPS) is 13.4. The Morgan fingerprint density at radius 2 is 2.07 bits per heavy atom. The maximum absolute atomic E-state index is 5.33. The van der Waals surface area contributed by atoms with Gasteiger partial charge in [0.1, 0.15) is 0 Å². The second kappa shape index (κ2) is 5.50. The predicted octanol–water partition coefficient (Wildman–Crippen LogP) is 4.42. The molecule has 0 amide bonds. The molecule has 0 aliphatic carbocycles. The highest BCUT2D eigenvalue weighted by Gasteiger charge is 2.12. The molecule has 0 aromatic carbocycles. The van der Waals surface area contributed by atoms with Gasteiger partial charge in [0.15, 0.2) is 4.77 Å². The Balaban J connectivity index is 2.91. The molecule has 2 nitrogen and oxygen atoms in total. The first kappa shape index (κ1) is 12.5. The molecule has 3 heteroatoms. The van der Waals surface area contributed by atoms with Crippen molar-refractivity contribution in [2.75, 3.05) is 0 Å². The molecule has 0 spiro atoms. The zero-order valence-corrected chi connectivity index (χ0v) is 11.0. The van der Waals surface area contributed by atoms with Crippen LogP contribution in [0.3, 0.4) is 0 Å². The minimum absolute atomic E-state index is 0.515. The summed E-state index contributed by atoms with van der Waals surface area (Å²) in [5.41, 5.74) is 1.32. The fraction of sp³-hybridized carbons (Fsp3) is 0.750. The van der Waals surface area contributed by atoms with Crippen LogP contribution >= 0.6 is 12.2 Å². The van der Waals surface area contributed by atoms with E-state index in [0.29, 0.717) is 12.0 Å². The summed E-state index contributed by atoms with van der Waals surface area (Å²) >= 11 is 5.33. The molecule has 1 heterocycles. The average molecular weight is 226 g/mol. The second-order valence-corrected chi connectivity index (χ2v) is 4.92. The number of hydrogen-bond acceptors (Lipinski definition) is 1. The first-order valence-electron chi connectivity index (χ1n) is 5.87. The van der Waals surface area contributed by atoms with Crippen molar-refractivity contribution in [2.45, 2.75) is 58.9 Å². The van der Waals surface area contributed by atoms with Crippen molar-refractivity contribution < 1.29 is 0 Å². The summed E-state index contributed by atoms with van der Waals surface area (Å²) in [4.78, 5) is 3.15. The molecule has 0 aliphatic heterocycles. The molecule has 86 valence electrons. The zero-order chi connectivity index (χ0) is 11.4. The molecule has 0 aliphatic rings. The summed E-state index contributed by atoms with van der Waals surface area (Å²) < 4.78 is 3.14. The van der Waals surface area contributed by atoms with Gasteiger partial charge in [-0.05, 0) is 31.5 Å². The van der Waals surface area contributed by atoms with Gasteiger partial charge in [-0.25, -0.2) is 0 Å². The minimum Gasteiger partial charge on any atom is -0.337 e. The second-order valence-electron chi connectivity index (χ2n) is 4.53. The van der Waals surface area contributed by atoms with Gasteiger partial charge in [0.25, 0.3) is 0 Å². The number of H-pyrrole nitrogens is 1. The van der Waals surface area contributed by atoms with E-state index in [1.807, 2.05) is 0 Å². The predicted molar refractivity (Wildman–Crippen MR) is 67.9 cm³/mol. The van der Waals surface area contributed by atoms with E-state index in [0.717, 1.165) is 4.77 Å². The van der Waals surface area contributed by atoms with Gasteiger partial charge in [-0.1, -0.05) is 33.6 Å². The standard InChI is InChI=1S/C12H22N2S/c1-5-6-7-10(4)14-11(9(2)3)8-13-12(14)15/h8-10H,5-7H2,1-4H3,(H,13,15). The van der Waals surface area contributed by atoms with Crippen LogP contribution in [0.25, 0.3) is 0 Å². The molecule has 1 N–H and O–H groups in total. The molecular formula is C12H22N2S. The molecule has 1 aromatic rings. The van der Waals surface area contributed by atoms with Crippen LogP contribution in [-0.2, 0) is 0 Å². The van der Waals surface area contributed by atoms with E-state index in [1.54, 1.807) is 0 Å². The number of aromatic nitrogens is 2. The van der Waals surface area contributed by atoms with Crippen molar-refractivity contribution in [3.8, 4) is 0 Å². The smallest absolute Gasteiger partial charge is 0.177 e. The molecule has 0 bridgehead atoms. The lowest BCUT2D eigenvalue weighted by molar-refractivity contribution is 0.461. The Bertz CT molecular complexity index is 349. The van der Waals surface area contributed by atoms with Gasteiger partial charge in [0, 0.05) is 17.9 Å². The van der Waals surface area contributed by atoms with Crippen molar-refractivity contribution in [3.63, 3.8) is 0 Å². The van der Waals surface area contributed by atoms with Gasteiger partial charge in [-0.15, -0.1) is 0 Å². The van der Waals surface area contributed by atoms with Gasteiger partial charge >= 0.3 is 0 Å². The molecule has 1 rings (SSSR count). The fourth-order valence-electron chi connectivity index (χ4n) is 1.92. The summed E-state index contributed by atoms with van der Waals surface area (Å²) in [5.74, 6) is 0.530. The Morgan fingerprint density at radius 3 is 2.60 bits per heavy atom. The molecule has 1 unspecified atom stereocenters. The Kier molecular flexibility index (Phi) is 4.58. The number of nitrogens with one attached hydrogen (secondary N) is 1.